The van der Waals surface area contributed by atoms with Crippen molar-refractivity contribution in [1.82, 2.24) is 0 Å². The van der Waals surface area contributed by atoms with Gasteiger partial charge in [0.05, 0.1) is 11.1 Å². The van der Waals surface area contributed by atoms with Crippen molar-refractivity contribution >= 4 is 11.9 Å². The van der Waals surface area contributed by atoms with Gasteiger partial charge in [-0.25, -0.2) is 9.59 Å². The van der Waals surface area contributed by atoms with E-state index in [1.807, 2.05) is 0 Å². The van der Waals surface area contributed by atoms with Gasteiger partial charge in [-0.15, -0.1) is 0 Å². The number of aromatic carboxylic acids is 2. The number of carbonyl (C=O) groups is 2. The fraction of sp³-hybridized carbons (Fsp3) is 0.125. The van der Waals surface area contributed by atoms with Gasteiger partial charge in [0, 0.05) is 0 Å². The molecule has 0 aliphatic rings. The molecule has 4 heteroatoms. The van der Waals surface area contributed by atoms with Crippen LogP contribution in [0.1, 0.15) is 31.8 Å². The number of aryl methyl sites for hydroxylation is 2. The van der Waals surface area contributed by atoms with Crippen molar-refractivity contribution in [2.45, 2.75) is 13.8 Å². The van der Waals surface area contributed by atoms with Crippen LogP contribution in [0.2, 0.25) is 0 Å². The number of benzene rings is 2. The minimum atomic E-state index is -1.07. The van der Waals surface area contributed by atoms with Crippen molar-refractivity contribution in [3.05, 3.63) is 58.7 Å². The second kappa shape index (κ2) is 5.17. The maximum atomic E-state index is 11.3. The van der Waals surface area contributed by atoms with Crippen LogP contribution in [-0.2, 0) is 0 Å². The molecule has 102 valence electrons. The summed E-state index contributed by atoms with van der Waals surface area (Å²) in [5.41, 5.74) is 2.68. The second-order valence-corrected chi connectivity index (χ2v) is 4.71. The molecule has 2 rings (SSSR count). The molecule has 4 nitrogen and oxygen atoms in total. The Morgan fingerprint density at radius 1 is 0.750 bits per heavy atom. The summed E-state index contributed by atoms with van der Waals surface area (Å²) in [7, 11) is 0. The lowest BCUT2D eigenvalue weighted by Crippen LogP contribution is -2.05. The first-order valence-corrected chi connectivity index (χ1v) is 6.08. The Balaban J connectivity index is 2.75. The highest BCUT2D eigenvalue weighted by atomic mass is 16.4. The molecular formula is C16H14O4. The van der Waals surface area contributed by atoms with E-state index in [-0.39, 0.29) is 11.1 Å². The normalized spacial score (nSPS) is 10.3. The molecule has 0 spiro atoms. The van der Waals surface area contributed by atoms with Crippen LogP contribution in [0.15, 0.2) is 36.4 Å². The van der Waals surface area contributed by atoms with Crippen LogP contribution in [0.5, 0.6) is 0 Å². The first-order chi connectivity index (χ1) is 9.40. The molecule has 0 aliphatic carbocycles. The third-order valence-corrected chi connectivity index (χ3v) is 3.10. The topological polar surface area (TPSA) is 74.6 Å². The van der Waals surface area contributed by atoms with Crippen LogP contribution in [-0.4, -0.2) is 22.2 Å². The monoisotopic (exact) mass is 270 g/mol. The fourth-order valence-corrected chi connectivity index (χ4v) is 2.14. The lowest BCUT2D eigenvalue weighted by molar-refractivity contribution is 0.0684. The zero-order valence-corrected chi connectivity index (χ0v) is 11.2. The predicted octanol–water partition coefficient (Wildman–Crippen LogP) is 3.37. The van der Waals surface area contributed by atoms with Gasteiger partial charge in [0.15, 0.2) is 0 Å². The summed E-state index contributed by atoms with van der Waals surface area (Å²) in [4.78, 5) is 22.7. The molecule has 0 saturated carbocycles. The van der Waals surface area contributed by atoms with Crippen molar-refractivity contribution < 1.29 is 19.8 Å². The fourth-order valence-electron chi connectivity index (χ4n) is 2.14. The van der Waals surface area contributed by atoms with E-state index < -0.39 is 11.9 Å². The smallest absolute Gasteiger partial charge is 0.336 e. The summed E-state index contributed by atoms with van der Waals surface area (Å²) in [5.74, 6) is -2.14. The van der Waals surface area contributed by atoms with Crippen LogP contribution in [0.4, 0.5) is 0 Å². The molecule has 0 atom stereocenters. The SMILES string of the molecule is Cc1ccc(-c2ccc(C)cc2C(=O)O)c(C(=O)O)c1. The highest BCUT2D eigenvalue weighted by Gasteiger charge is 2.17. The Morgan fingerprint density at radius 3 is 1.40 bits per heavy atom. The molecule has 20 heavy (non-hydrogen) atoms. The Kier molecular flexibility index (Phi) is 3.57. The van der Waals surface area contributed by atoms with Crippen molar-refractivity contribution in [3.8, 4) is 11.1 Å². The third-order valence-electron chi connectivity index (χ3n) is 3.10. The molecular weight excluding hydrogens is 256 g/mol. The summed E-state index contributed by atoms with van der Waals surface area (Å²) in [6.07, 6.45) is 0. The molecule has 2 N–H and O–H groups in total. The van der Waals surface area contributed by atoms with Crippen molar-refractivity contribution in [3.63, 3.8) is 0 Å². The van der Waals surface area contributed by atoms with E-state index in [1.54, 1.807) is 50.2 Å². The van der Waals surface area contributed by atoms with Gasteiger partial charge in [-0.05, 0) is 37.1 Å². The third kappa shape index (κ3) is 2.54. The van der Waals surface area contributed by atoms with Gasteiger partial charge in [0.2, 0.25) is 0 Å². The summed E-state index contributed by atoms with van der Waals surface area (Å²) in [5, 5.41) is 18.6. The van der Waals surface area contributed by atoms with E-state index in [0.717, 1.165) is 11.1 Å². The summed E-state index contributed by atoms with van der Waals surface area (Å²) < 4.78 is 0. The molecule has 0 unspecified atom stereocenters. The average molecular weight is 270 g/mol. The number of hydrogen-bond donors (Lipinski definition) is 2. The maximum absolute atomic E-state index is 11.3. The Morgan fingerprint density at radius 2 is 1.10 bits per heavy atom. The predicted molar refractivity (Wildman–Crippen MR) is 75.3 cm³/mol. The first kappa shape index (κ1) is 13.8. The number of rotatable bonds is 3. The Hall–Kier alpha value is -2.62. The van der Waals surface area contributed by atoms with E-state index in [9.17, 15) is 19.8 Å². The van der Waals surface area contributed by atoms with E-state index in [4.69, 9.17) is 0 Å². The lowest BCUT2D eigenvalue weighted by atomic mass is 9.93. The summed E-state index contributed by atoms with van der Waals surface area (Å²) >= 11 is 0. The van der Waals surface area contributed by atoms with E-state index in [0.29, 0.717) is 11.1 Å². The van der Waals surface area contributed by atoms with Crippen molar-refractivity contribution in [2.24, 2.45) is 0 Å². The van der Waals surface area contributed by atoms with Gasteiger partial charge in [-0.3, -0.25) is 0 Å². The Labute approximate surface area is 116 Å². The Bertz CT molecular complexity index is 640. The minimum absolute atomic E-state index is 0.108. The van der Waals surface area contributed by atoms with Gasteiger partial charge in [-0.1, -0.05) is 35.4 Å². The van der Waals surface area contributed by atoms with Crippen LogP contribution >= 0.6 is 0 Å². The standard InChI is InChI=1S/C16H14O4/c1-9-3-5-11(13(7-9)15(17)18)12-6-4-10(2)8-14(12)16(19)20/h3-8H,1-2H3,(H,17,18)(H,19,20). The minimum Gasteiger partial charge on any atom is -0.478 e. The van der Waals surface area contributed by atoms with E-state index in [1.165, 1.54) is 0 Å². The molecule has 0 aromatic heterocycles. The molecule has 2 aromatic rings. The zero-order chi connectivity index (χ0) is 14.9. The van der Waals surface area contributed by atoms with Crippen LogP contribution in [0, 0.1) is 13.8 Å². The van der Waals surface area contributed by atoms with Gasteiger partial charge in [0.1, 0.15) is 0 Å². The van der Waals surface area contributed by atoms with Gasteiger partial charge >= 0.3 is 11.9 Å². The summed E-state index contributed by atoms with van der Waals surface area (Å²) in [6, 6.07) is 9.93. The van der Waals surface area contributed by atoms with Crippen molar-refractivity contribution in [1.29, 1.82) is 0 Å². The summed E-state index contributed by atoms with van der Waals surface area (Å²) in [6.45, 7) is 3.59. The number of hydrogen-bond acceptors (Lipinski definition) is 2. The van der Waals surface area contributed by atoms with Crippen LogP contribution in [0.3, 0.4) is 0 Å². The highest BCUT2D eigenvalue weighted by Crippen LogP contribution is 2.29. The molecule has 0 aliphatic heterocycles. The van der Waals surface area contributed by atoms with Crippen molar-refractivity contribution in [2.75, 3.05) is 0 Å². The molecule has 0 fully saturated rings. The average Bonchev–Trinajstić information content (AvgIpc) is 2.38. The van der Waals surface area contributed by atoms with E-state index >= 15 is 0 Å². The number of carboxylic acids is 2. The molecule has 0 radical (unpaired) electrons. The highest BCUT2D eigenvalue weighted by molar-refractivity contribution is 6.02. The molecule has 0 saturated heterocycles. The second-order valence-electron chi connectivity index (χ2n) is 4.71. The zero-order valence-electron chi connectivity index (χ0n) is 11.2. The first-order valence-electron chi connectivity index (χ1n) is 6.08. The van der Waals surface area contributed by atoms with Gasteiger partial charge < -0.3 is 10.2 Å². The van der Waals surface area contributed by atoms with E-state index in [2.05, 4.69) is 0 Å². The molecule has 0 heterocycles. The van der Waals surface area contributed by atoms with Crippen LogP contribution in [0.25, 0.3) is 11.1 Å². The lowest BCUT2D eigenvalue weighted by Gasteiger charge is -2.11. The number of carboxylic acid groups (broad SMARTS) is 2. The molecule has 2 aromatic carbocycles. The van der Waals surface area contributed by atoms with Crippen LogP contribution < -0.4 is 0 Å². The quantitative estimate of drug-likeness (QED) is 0.896. The molecule has 0 amide bonds. The molecule has 0 bridgehead atoms. The largest absolute Gasteiger partial charge is 0.478 e. The van der Waals surface area contributed by atoms with Gasteiger partial charge in [-0.2, -0.15) is 0 Å². The van der Waals surface area contributed by atoms with Gasteiger partial charge in [0.25, 0.3) is 0 Å². The maximum Gasteiger partial charge on any atom is 0.336 e.